The van der Waals surface area contributed by atoms with Crippen LogP contribution in [-0.2, 0) is 4.74 Å². The van der Waals surface area contributed by atoms with Crippen molar-refractivity contribution in [2.75, 3.05) is 46.4 Å². The second-order valence-corrected chi connectivity index (χ2v) is 7.37. The molecule has 5 nitrogen and oxygen atoms in total. The van der Waals surface area contributed by atoms with E-state index >= 15 is 0 Å². The molecule has 0 aliphatic carbocycles. The quantitative estimate of drug-likeness (QED) is 0.429. The molecular formula is C18H32N4OS. The lowest BCUT2D eigenvalue weighted by Gasteiger charge is -2.35. The minimum Gasteiger partial charge on any atom is -0.383 e. The molecule has 0 aromatic carbocycles. The minimum atomic E-state index is 0.385. The zero-order valence-corrected chi connectivity index (χ0v) is 16.1. The van der Waals surface area contributed by atoms with Gasteiger partial charge in [0.05, 0.1) is 19.2 Å². The van der Waals surface area contributed by atoms with E-state index in [1.54, 1.807) is 7.11 Å². The van der Waals surface area contributed by atoms with E-state index in [2.05, 4.69) is 46.9 Å². The number of aliphatic imine (C=N–C) groups is 1. The Morgan fingerprint density at radius 3 is 2.83 bits per heavy atom. The van der Waals surface area contributed by atoms with Crippen molar-refractivity contribution in [1.82, 2.24) is 15.5 Å². The second kappa shape index (κ2) is 10.7. The minimum absolute atomic E-state index is 0.385. The van der Waals surface area contributed by atoms with Crippen molar-refractivity contribution >= 4 is 17.3 Å². The highest BCUT2D eigenvalue weighted by Crippen LogP contribution is 2.29. The number of hydrogen-bond acceptors (Lipinski definition) is 4. The van der Waals surface area contributed by atoms with Crippen molar-refractivity contribution in [3.63, 3.8) is 0 Å². The van der Waals surface area contributed by atoms with Gasteiger partial charge < -0.3 is 15.4 Å². The highest BCUT2D eigenvalue weighted by Gasteiger charge is 2.25. The van der Waals surface area contributed by atoms with Crippen LogP contribution in [0, 0.1) is 5.92 Å². The third-order valence-electron chi connectivity index (χ3n) is 4.50. The molecule has 0 amide bonds. The van der Waals surface area contributed by atoms with Gasteiger partial charge in [0, 0.05) is 25.1 Å². The largest absolute Gasteiger partial charge is 0.383 e. The number of nitrogens with one attached hydrogen (secondary N) is 2. The number of likely N-dealkylation sites (tertiary alicyclic amines) is 1. The number of piperidine rings is 1. The van der Waals surface area contributed by atoms with Crippen molar-refractivity contribution < 1.29 is 4.74 Å². The fourth-order valence-corrected chi connectivity index (χ4v) is 3.85. The number of guanidine groups is 1. The van der Waals surface area contributed by atoms with Crippen molar-refractivity contribution in [1.29, 1.82) is 0 Å². The Balaban J connectivity index is 2.02. The molecule has 0 bridgehead atoms. The maximum atomic E-state index is 5.11. The summed E-state index contributed by atoms with van der Waals surface area (Å²) in [6.07, 6.45) is 2.58. The third kappa shape index (κ3) is 6.07. The summed E-state index contributed by atoms with van der Waals surface area (Å²) >= 11 is 1.84. The maximum Gasteiger partial charge on any atom is 0.191 e. The molecule has 1 aromatic heterocycles. The van der Waals surface area contributed by atoms with E-state index in [4.69, 9.17) is 9.73 Å². The Labute approximate surface area is 150 Å². The predicted octanol–water partition coefficient (Wildman–Crippen LogP) is 2.72. The molecule has 1 saturated heterocycles. The van der Waals surface area contributed by atoms with Crippen LogP contribution >= 0.6 is 11.3 Å². The number of ether oxygens (including phenoxy) is 1. The summed E-state index contributed by atoms with van der Waals surface area (Å²) in [5.41, 5.74) is 0. The normalized spacial score (nSPS) is 18.5. The van der Waals surface area contributed by atoms with Gasteiger partial charge in [0.2, 0.25) is 0 Å². The van der Waals surface area contributed by atoms with Crippen molar-refractivity contribution in [2.24, 2.45) is 10.9 Å². The zero-order valence-electron chi connectivity index (χ0n) is 15.3. The van der Waals surface area contributed by atoms with Crippen LogP contribution in [0.4, 0.5) is 0 Å². The lowest BCUT2D eigenvalue weighted by molar-refractivity contribution is 0.143. The van der Waals surface area contributed by atoms with Gasteiger partial charge in [-0.25, -0.2) is 0 Å². The molecule has 2 heterocycles. The van der Waals surface area contributed by atoms with Crippen LogP contribution in [0.5, 0.6) is 0 Å². The third-order valence-corrected chi connectivity index (χ3v) is 5.47. The van der Waals surface area contributed by atoms with Gasteiger partial charge in [0.25, 0.3) is 0 Å². The fraction of sp³-hybridized carbons (Fsp3) is 0.722. The first-order valence-corrected chi connectivity index (χ1v) is 9.91. The monoisotopic (exact) mass is 352 g/mol. The maximum absolute atomic E-state index is 5.11. The summed E-state index contributed by atoms with van der Waals surface area (Å²) in [7, 11) is 1.72. The standard InChI is InChI=1S/C18H32N4OS/c1-4-19-18(20-9-12-23-3)21-14-16(17-6-5-13-24-17)22-10-7-15(2)8-11-22/h5-6,13,15-16H,4,7-12,14H2,1-3H3,(H2,19,20,21). The first-order valence-electron chi connectivity index (χ1n) is 9.03. The van der Waals surface area contributed by atoms with Crippen LogP contribution < -0.4 is 10.6 Å². The first-order chi connectivity index (χ1) is 11.7. The van der Waals surface area contributed by atoms with Gasteiger partial charge in [-0.3, -0.25) is 9.89 Å². The number of thiophene rings is 1. The molecular weight excluding hydrogens is 320 g/mol. The van der Waals surface area contributed by atoms with Crippen LogP contribution in [0.25, 0.3) is 0 Å². The van der Waals surface area contributed by atoms with E-state index < -0.39 is 0 Å². The molecule has 24 heavy (non-hydrogen) atoms. The molecule has 136 valence electrons. The number of methoxy groups -OCH3 is 1. The zero-order chi connectivity index (χ0) is 17.2. The van der Waals surface area contributed by atoms with Crippen LogP contribution in [-0.4, -0.2) is 57.3 Å². The molecule has 1 aromatic rings. The summed E-state index contributed by atoms with van der Waals surface area (Å²) < 4.78 is 5.11. The lowest BCUT2D eigenvalue weighted by Crippen LogP contribution is -2.41. The Hall–Kier alpha value is -1.11. The highest BCUT2D eigenvalue weighted by molar-refractivity contribution is 7.10. The summed E-state index contributed by atoms with van der Waals surface area (Å²) in [4.78, 5) is 8.86. The van der Waals surface area contributed by atoms with Crippen molar-refractivity contribution in [3.05, 3.63) is 22.4 Å². The molecule has 2 N–H and O–H groups in total. The van der Waals surface area contributed by atoms with E-state index in [-0.39, 0.29) is 0 Å². The summed E-state index contributed by atoms with van der Waals surface area (Å²) in [5.74, 6) is 1.73. The number of rotatable bonds is 8. The number of nitrogens with zero attached hydrogens (tertiary/aromatic N) is 2. The smallest absolute Gasteiger partial charge is 0.191 e. The lowest BCUT2D eigenvalue weighted by atomic mass is 9.97. The Kier molecular flexibility index (Phi) is 8.56. The van der Waals surface area contributed by atoms with Gasteiger partial charge in [0.15, 0.2) is 5.96 Å². The summed E-state index contributed by atoms with van der Waals surface area (Å²) in [6, 6.07) is 4.77. The summed E-state index contributed by atoms with van der Waals surface area (Å²) in [5, 5.41) is 8.82. The van der Waals surface area contributed by atoms with E-state index in [1.165, 1.54) is 30.8 Å². The first kappa shape index (κ1) is 19.2. The molecule has 2 rings (SSSR count). The van der Waals surface area contributed by atoms with E-state index in [1.807, 2.05) is 11.3 Å². The SMILES string of the molecule is CCNC(=NCC(c1cccs1)N1CCC(C)CC1)NCCOC. The predicted molar refractivity (Wildman–Crippen MR) is 103 cm³/mol. The van der Waals surface area contributed by atoms with Crippen LogP contribution in [0.15, 0.2) is 22.5 Å². The molecule has 1 aliphatic rings. The average Bonchev–Trinajstić information content (AvgIpc) is 3.11. The van der Waals surface area contributed by atoms with Gasteiger partial charge in [-0.1, -0.05) is 13.0 Å². The number of hydrogen-bond donors (Lipinski definition) is 2. The topological polar surface area (TPSA) is 48.9 Å². The Bertz CT molecular complexity index is 469. The molecule has 0 spiro atoms. The molecule has 1 aliphatic heterocycles. The van der Waals surface area contributed by atoms with Gasteiger partial charge in [-0.15, -0.1) is 11.3 Å². The molecule has 1 unspecified atom stereocenters. The molecule has 1 fully saturated rings. The molecule has 6 heteroatoms. The van der Waals surface area contributed by atoms with Crippen LogP contribution in [0.1, 0.15) is 37.6 Å². The summed E-state index contributed by atoms with van der Waals surface area (Å²) in [6.45, 7) is 9.91. The van der Waals surface area contributed by atoms with Gasteiger partial charge in [-0.2, -0.15) is 0 Å². The van der Waals surface area contributed by atoms with Gasteiger partial charge in [0.1, 0.15) is 0 Å². The van der Waals surface area contributed by atoms with Crippen molar-refractivity contribution in [3.8, 4) is 0 Å². The molecule has 1 atom stereocenters. The van der Waals surface area contributed by atoms with E-state index in [9.17, 15) is 0 Å². The van der Waals surface area contributed by atoms with Crippen molar-refractivity contribution in [2.45, 2.75) is 32.7 Å². The van der Waals surface area contributed by atoms with Gasteiger partial charge in [-0.05, 0) is 50.2 Å². The second-order valence-electron chi connectivity index (χ2n) is 6.39. The fourth-order valence-electron chi connectivity index (χ4n) is 3.00. The van der Waals surface area contributed by atoms with Gasteiger partial charge >= 0.3 is 0 Å². The van der Waals surface area contributed by atoms with Crippen LogP contribution in [0.3, 0.4) is 0 Å². The Morgan fingerprint density at radius 1 is 1.42 bits per heavy atom. The molecule has 0 radical (unpaired) electrons. The highest BCUT2D eigenvalue weighted by atomic mass is 32.1. The Morgan fingerprint density at radius 2 is 2.21 bits per heavy atom. The van der Waals surface area contributed by atoms with E-state index in [0.717, 1.165) is 31.5 Å². The van der Waals surface area contributed by atoms with Crippen LogP contribution in [0.2, 0.25) is 0 Å². The average molecular weight is 353 g/mol. The molecule has 0 saturated carbocycles. The van der Waals surface area contributed by atoms with E-state index in [0.29, 0.717) is 12.6 Å².